The van der Waals surface area contributed by atoms with Crippen LogP contribution in [-0.2, 0) is 6.42 Å². The summed E-state index contributed by atoms with van der Waals surface area (Å²) in [6, 6.07) is 26.3. The highest BCUT2D eigenvalue weighted by molar-refractivity contribution is 6.09. The zero-order valence-electron chi connectivity index (χ0n) is 13.6. The second-order valence-electron chi connectivity index (χ2n) is 6.24. The molecule has 0 aliphatic carbocycles. The number of carbonyl (C=O) groups is 1. The molecule has 118 valence electrons. The number of hydrogen-bond acceptors (Lipinski definition) is 1. The van der Waals surface area contributed by atoms with E-state index in [0.717, 1.165) is 17.7 Å². The van der Waals surface area contributed by atoms with Gasteiger partial charge in [0, 0.05) is 11.3 Å². The second-order valence-corrected chi connectivity index (χ2v) is 6.24. The van der Waals surface area contributed by atoms with E-state index in [2.05, 4.69) is 25.1 Å². The number of benzene rings is 3. The van der Waals surface area contributed by atoms with Crippen molar-refractivity contribution in [2.45, 2.75) is 19.4 Å². The van der Waals surface area contributed by atoms with Crippen LogP contribution in [0.5, 0.6) is 0 Å². The third-order valence-electron chi connectivity index (χ3n) is 4.79. The van der Waals surface area contributed by atoms with Gasteiger partial charge in [0.2, 0.25) is 0 Å². The summed E-state index contributed by atoms with van der Waals surface area (Å²) in [5, 5.41) is 0. The number of carbonyl (C=O) groups excluding carboxylic acids is 1. The first-order chi connectivity index (χ1) is 11.8. The smallest absolute Gasteiger partial charge is 0.259 e. The van der Waals surface area contributed by atoms with Crippen LogP contribution in [0.15, 0.2) is 78.9 Å². The van der Waals surface area contributed by atoms with Gasteiger partial charge in [-0.25, -0.2) is 0 Å². The predicted octanol–water partition coefficient (Wildman–Crippen LogP) is 4.94. The third kappa shape index (κ3) is 2.41. The monoisotopic (exact) mass is 313 g/mol. The van der Waals surface area contributed by atoms with Gasteiger partial charge in [-0.05, 0) is 48.2 Å². The standard InChI is InChI=1S/C22H19NO/c1-16-9-8-14-19-20(16)15-21(17-10-4-2-5-11-17)23(22(19)24)18-12-6-3-7-13-18/h2-14,21H,15H2,1H3. The first-order valence-corrected chi connectivity index (χ1v) is 8.28. The summed E-state index contributed by atoms with van der Waals surface area (Å²) in [7, 11) is 0. The molecular formula is C22H19NO. The molecule has 1 atom stereocenters. The molecule has 1 amide bonds. The minimum Gasteiger partial charge on any atom is -0.301 e. The zero-order chi connectivity index (χ0) is 16.5. The van der Waals surface area contributed by atoms with E-state index in [0.29, 0.717) is 0 Å². The number of amides is 1. The van der Waals surface area contributed by atoms with Crippen molar-refractivity contribution in [3.63, 3.8) is 0 Å². The maximum Gasteiger partial charge on any atom is 0.259 e. The summed E-state index contributed by atoms with van der Waals surface area (Å²) < 4.78 is 0. The maximum absolute atomic E-state index is 13.3. The highest BCUT2D eigenvalue weighted by atomic mass is 16.2. The van der Waals surface area contributed by atoms with Gasteiger partial charge < -0.3 is 4.90 Å². The van der Waals surface area contributed by atoms with E-state index in [1.54, 1.807) is 0 Å². The number of rotatable bonds is 2. The van der Waals surface area contributed by atoms with Crippen LogP contribution in [0.3, 0.4) is 0 Å². The number of aryl methyl sites for hydroxylation is 1. The SMILES string of the molecule is Cc1cccc2c1CC(c1ccccc1)N(c1ccccc1)C2=O. The average Bonchev–Trinajstić information content (AvgIpc) is 2.64. The van der Waals surface area contributed by atoms with Crippen LogP contribution >= 0.6 is 0 Å². The number of anilines is 1. The van der Waals surface area contributed by atoms with E-state index in [1.807, 2.05) is 65.6 Å². The quantitative estimate of drug-likeness (QED) is 0.656. The molecule has 1 aliphatic heterocycles. The Hall–Kier alpha value is -2.87. The minimum atomic E-state index is 0.0229. The largest absolute Gasteiger partial charge is 0.301 e. The van der Waals surface area contributed by atoms with Crippen molar-refractivity contribution in [3.8, 4) is 0 Å². The first kappa shape index (κ1) is 14.7. The van der Waals surface area contributed by atoms with Crippen LogP contribution in [0.25, 0.3) is 0 Å². The Labute approximate surface area is 142 Å². The zero-order valence-corrected chi connectivity index (χ0v) is 13.6. The van der Waals surface area contributed by atoms with Gasteiger partial charge in [0.1, 0.15) is 0 Å². The number of nitrogens with zero attached hydrogens (tertiary/aromatic N) is 1. The van der Waals surface area contributed by atoms with Crippen LogP contribution in [0.1, 0.15) is 33.1 Å². The van der Waals surface area contributed by atoms with E-state index in [9.17, 15) is 4.79 Å². The lowest BCUT2D eigenvalue weighted by molar-refractivity contribution is 0.0967. The minimum absolute atomic E-state index is 0.0229. The molecule has 2 heteroatoms. The van der Waals surface area contributed by atoms with Gasteiger partial charge in [-0.3, -0.25) is 4.79 Å². The maximum atomic E-state index is 13.3. The van der Waals surface area contributed by atoms with Crippen molar-refractivity contribution >= 4 is 11.6 Å². The fourth-order valence-electron chi connectivity index (χ4n) is 3.56. The lowest BCUT2D eigenvalue weighted by Crippen LogP contribution is -2.40. The molecule has 0 radical (unpaired) electrons. The summed E-state index contributed by atoms with van der Waals surface area (Å²) in [5.74, 6) is 0.0833. The molecule has 1 unspecified atom stereocenters. The van der Waals surface area contributed by atoms with Gasteiger partial charge in [-0.2, -0.15) is 0 Å². The number of fused-ring (bicyclic) bond motifs is 1. The lowest BCUT2D eigenvalue weighted by atomic mass is 9.86. The molecule has 4 rings (SSSR count). The summed E-state index contributed by atoms with van der Waals surface area (Å²) >= 11 is 0. The Morgan fingerprint density at radius 2 is 1.50 bits per heavy atom. The molecule has 3 aromatic rings. The Balaban J connectivity index is 1.89. The molecule has 2 nitrogen and oxygen atoms in total. The van der Waals surface area contributed by atoms with E-state index in [-0.39, 0.29) is 11.9 Å². The van der Waals surface area contributed by atoms with Crippen molar-refractivity contribution < 1.29 is 4.79 Å². The molecule has 0 spiro atoms. The fourth-order valence-corrected chi connectivity index (χ4v) is 3.56. The average molecular weight is 313 g/mol. The van der Waals surface area contributed by atoms with Crippen molar-refractivity contribution in [2.75, 3.05) is 4.90 Å². The van der Waals surface area contributed by atoms with Crippen molar-refractivity contribution in [3.05, 3.63) is 101 Å². The van der Waals surface area contributed by atoms with Crippen molar-refractivity contribution in [2.24, 2.45) is 0 Å². The molecule has 0 bridgehead atoms. The van der Waals surface area contributed by atoms with Gasteiger partial charge in [0.15, 0.2) is 0 Å². The van der Waals surface area contributed by atoms with E-state index >= 15 is 0 Å². The van der Waals surface area contributed by atoms with Crippen LogP contribution < -0.4 is 4.90 Å². The van der Waals surface area contributed by atoms with Gasteiger partial charge in [-0.1, -0.05) is 60.7 Å². The van der Waals surface area contributed by atoms with Gasteiger partial charge in [0.05, 0.1) is 6.04 Å². The lowest BCUT2D eigenvalue weighted by Gasteiger charge is -2.37. The molecule has 0 N–H and O–H groups in total. The van der Waals surface area contributed by atoms with E-state index in [1.165, 1.54) is 16.7 Å². The molecule has 0 saturated heterocycles. The van der Waals surface area contributed by atoms with Gasteiger partial charge in [0.25, 0.3) is 5.91 Å². The van der Waals surface area contributed by atoms with Crippen molar-refractivity contribution in [1.82, 2.24) is 0 Å². The van der Waals surface area contributed by atoms with Crippen molar-refractivity contribution in [1.29, 1.82) is 0 Å². The third-order valence-corrected chi connectivity index (χ3v) is 4.79. The summed E-state index contributed by atoms with van der Waals surface area (Å²) in [6.45, 7) is 2.09. The molecule has 1 heterocycles. The Morgan fingerprint density at radius 1 is 0.833 bits per heavy atom. The summed E-state index contributed by atoms with van der Waals surface area (Å²) in [6.07, 6.45) is 0.840. The number of para-hydroxylation sites is 1. The highest BCUT2D eigenvalue weighted by Gasteiger charge is 2.34. The fraction of sp³-hybridized carbons (Fsp3) is 0.136. The normalized spacial score (nSPS) is 16.8. The summed E-state index contributed by atoms with van der Waals surface area (Å²) in [4.78, 5) is 15.2. The van der Waals surface area contributed by atoms with E-state index in [4.69, 9.17) is 0 Å². The molecule has 0 aromatic heterocycles. The Bertz CT molecular complexity index is 871. The molecular weight excluding hydrogens is 294 g/mol. The highest BCUT2D eigenvalue weighted by Crippen LogP contribution is 2.37. The van der Waals surface area contributed by atoms with Crippen LogP contribution in [0.2, 0.25) is 0 Å². The topological polar surface area (TPSA) is 20.3 Å². The Kier molecular flexibility index (Phi) is 3.66. The van der Waals surface area contributed by atoms with Gasteiger partial charge >= 0.3 is 0 Å². The predicted molar refractivity (Wildman–Crippen MR) is 97.3 cm³/mol. The molecule has 1 aliphatic rings. The van der Waals surface area contributed by atoms with Crippen LogP contribution in [0.4, 0.5) is 5.69 Å². The Morgan fingerprint density at radius 3 is 2.21 bits per heavy atom. The molecule has 3 aromatic carbocycles. The second kappa shape index (κ2) is 5.97. The molecule has 0 saturated carbocycles. The molecule has 24 heavy (non-hydrogen) atoms. The van der Waals surface area contributed by atoms with Gasteiger partial charge in [-0.15, -0.1) is 0 Å². The molecule has 0 fully saturated rings. The number of hydrogen-bond donors (Lipinski definition) is 0. The first-order valence-electron chi connectivity index (χ1n) is 8.28. The van der Waals surface area contributed by atoms with E-state index < -0.39 is 0 Å². The van der Waals surface area contributed by atoms with Crippen LogP contribution in [-0.4, -0.2) is 5.91 Å². The summed E-state index contributed by atoms with van der Waals surface area (Å²) in [5.41, 5.74) is 5.30. The van der Waals surface area contributed by atoms with Crippen LogP contribution in [0, 0.1) is 6.92 Å².